The van der Waals surface area contributed by atoms with Crippen molar-refractivity contribution in [2.45, 2.75) is 25.7 Å². The minimum Gasteiger partial charge on any atom is -0.368 e. The van der Waals surface area contributed by atoms with Gasteiger partial charge in [0.15, 0.2) is 5.65 Å². The zero-order chi connectivity index (χ0) is 17.8. The second-order valence-corrected chi connectivity index (χ2v) is 6.55. The van der Waals surface area contributed by atoms with E-state index in [1.165, 1.54) is 19.2 Å². The van der Waals surface area contributed by atoms with Crippen molar-refractivity contribution < 1.29 is 4.79 Å². The number of hydrogen-bond donors (Lipinski definition) is 2. The molecule has 1 aromatic carbocycles. The third-order valence-corrected chi connectivity index (χ3v) is 4.81. The quantitative estimate of drug-likeness (QED) is 0.667. The number of benzene rings is 1. The van der Waals surface area contributed by atoms with Gasteiger partial charge in [-0.15, -0.1) is 0 Å². The number of fused-ring (bicyclic) bond motifs is 1. The van der Waals surface area contributed by atoms with E-state index >= 15 is 0 Å². The maximum absolute atomic E-state index is 12.1. The first-order valence-electron chi connectivity index (χ1n) is 9.08. The molecule has 134 valence electrons. The summed E-state index contributed by atoms with van der Waals surface area (Å²) in [6.07, 6.45) is 7.67. The SMILES string of the molecule is O=C(NCCNc1ncnc2c1cnn2-c1ccccc1)C1CCCC1. The van der Waals surface area contributed by atoms with E-state index in [2.05, 4.69) is 25.7 Å². The fourth-order valence-electron chi connectivity index (χ4n) is 3.44. The lowest BCUT2D eigenvalue weighted by molar-refractivity contribution is -0.124. The summed E-state index contributed by atoms with van der Waals surface area (Å²) in [4.78, 5) is 20.7. The molecule has 3 aromatic rings. The molecule has 0 atom stereocenters. The Balaban J connectivity index is 1.41. The van der Waals surface area contributed by atoms with Crippen LogP contribution in [0.25, 0.3) is 16.7 Å². The average Bonchev–Trinajstić information content (AvgIpc) is 3.36. The topological polar surface area (TPSA) is 84.7 Å². The van der Waals surface area contributed by atoms with E-state index in [0.717, 1.165) is 35.4 Å². The van der Waals surface area contributed by atoms with Gasteiger partial charge in [-0.05, 0) is 25.0 Å². The molecule has 7 heteroatoms. The van der Waals surface area contributed by atoms with Crippen LogP contribution in [0.3, 0.4) is 0 Å². The van der Waals surface area contributed by atoms with Gasteiger partial charge in [0.05, 0.1) is 17.3 Å². The Morgan fingerprint density at radius 3 is 2.73 bits per heavy atom. The van der Waals surface area contributed by atoms with Crippen LogP contribution in [0, 0.1) is 5.92 Å². The summed E-state index contributed by atoms with van der Waals surface area (Å²) < 4.78 is 1.80. The maximum Gasteiger partial charge on any atom is 0.223 e. The predicted octanol–water partition coefficient (Wildman–Crippen LogP) is 2.53. The van der Waals surface area contributed by atoms with Crippen LogP contribution in [0.15, 0.2) is 42.9 Å². The Morgan fingerprint density at radius 1 is 1.12 bits per heavy atom. The molecule has 4 rings (SSSR count). The highest BCUT2D eigenvalue weighted by Gasteiger charge is 2.21. The fourth-order valence-corrected chi connectivity index (χ4v) is 3.44. The lowest BCUT2D eigenvalue weighted by atomic mass is 10.1. The van der Waals surface area contributed by atoms with Crippen LogP contribution in [-0.2, 0) is 4.79 Å². The van der Waals surface area contributed by atoms with Crippen molar-refractivity contribution in [1.82, 2.24) is 25.1 Å². The van der Waals surface area contributed by atoms with E-state index in [0.29, 0.717) is 13.1 Å². The predicted molar refractivity (Wildman–Crippen MR) is 100 cm³/mol. The highest BCUT2D eigenvalue weighted by molar-refractivity contribution is 5.87. The molecule has 0 unspecified atom stereocenters. The van der Waals surface area contributed by atoms with Crippen molar-refractivity contribution in [3.8, 4) is 5.69 Å². The summed E-state index contributed by atoms with van der Waals surface area (Å²) in [6, 6.07) is 9.88. The fraction of sp³-hybridized carbons (Fsp3) is 0.368. The number of amides is 1. The molecule has 0 bridgehead atoms. The number of aromatic nitrogens is 4. The van der Waals surface area contributed by atoms with Crippen molar-refractivity contribution >= 4 is 22.8 Å². The number of nitrogens with one attached hydrogen (secondary N) is 2. The zero-order valence-corrected chi connectivity index (χ0v) is 14.6. The van der Waals surface area contributed by atoms with Crippen LogP contribution in [0.1, 0.15) is 25.7 Å². The van der Waals surface area contributed by atoms with Gasteiger partial charge in [0.1, 0.15) is 12.1 Å². The van der Waals surface area contributed by atoms with Crippen molar-refractivity contribution in [1.29, 1.82) is 0 Å². The Kier molecular flexibility index (Phi) is 4.77. The van der Waals surface area contributed by atoms with E-state index in [1.54, 1.807) is 10.9 Å². The molecule has 2 N–H and O–H groups in total. The zero-order valence-electron chi connectivity index (χ0n) is 14.6. The normalized spacial score (nSPS) is 14.6. The average molecular weight is 350 g/mol. The molecule has 1 fully saturated rings. The summed E-state index contributed by atoms with van der Waals surface area (Å²) >= 11 is 0. The van der Waals surface area contributed by atoms with Crippen LogP contribution in [0.4, 0.5) is 5.82 Å². The van der Waals surface area contributed by atoms with Gasteiger partial charge in [0.25, 0.3) is 0 Å². The Bertz CT molecular complexity index is 885. The number of carbonyl (C=O) groups is 1. The molecule has 1 saturated carbocycles. The lowest BCUT2D eigenvalue weighted by Crippen LogP contribution is -2.33. The second-order valence-electron chi connectivity index (χ2n) is 6.55. The third-order valence-electron chi connectivity index (χ3n) is 4.81. The van der Waals surface area contributed by atoms with Gasteiger partial charge in [0.2, 0.25) is 5.91 Å². The van der Waals surface area contributed by atoms with E-state index in [-0.39, 0.29) is 11.8 Å². The minimum atomic E-state index is 0.175. The molecule has 0 spiro atoms. The summed E-state index contributed by atoms with van der Waals surface area (Å²) in [5.74, 6) is 1.10. The smallest absolute Gasteiger partial charge is 0.223 e. The highest BCUT2D eigenvalue weighted by atomic mass is 16.1. The van der Waals surface area contributed by atoms with Gasteiger partial charge in [-0.3, -0.25) is 4.79 Å². The van der Waals surface area contributed by atoms with Crippen molar-refractivity contribution in [2.24, 2.45) is 5.92 Å². The highest BCUT2D eigenvalue weighted by Crippen LogP contribution is 2.24. The number of carbonyl (C=O) groups excluding carboxylic acids is 1. The van der Waals surface area contributed by atoms with E-state index in [1.807, 2.05) is 30.3 Å². The molecule has 0 radical (unpaired) electrons. The first-order valence-corrected chi connectivity index (χ1v) is 9.08. The number of anilines is 1. The standard InChI is InChI=1S/C19H22N6O/c26-19(14-6-4-5-7-14)21-11-10-20-17-16-12-24-25(18(16)23-13-22-17)15-8-2-1-3-9-15/h1-3,8-9,12-14H,4-7,10-11H2,(H,21,26)(H,20,22,23). The first kappa shape index (κ1) is 16.5. The molecule has 0 saturated heterocycles. The lowest BCUT2D eigenvalue weighted by Gasteiger charge is -2.11. The van der Waals surface area contributed by atoms with Crippen molar-refractivity contribution in [2.75, 3.05) is 18.4 Å². The number of rotatable bonds is 6. The summed E-state index contributed by atoms with van der Waals surface area (Å²) in [5, 5.41) is 11.6. The Labute approximate surface area is 151 Å². The maximum atomic E-state index is 12.1. The molecule has 2 heterocycles. The minimum absolute atomic E-state index is 0.175. The van der Waals surface area contributed by atoms with Gasteiger partial charge in [0, 0.05) is 19.0 Å². The molecule has 2 aromatic heterocycles. The van der Waals surface area contributed by atoms with Gasteiger partial charge in [-0.1, -0.05) is 31.0 Å². The molecular formula is C19H22N6O. The van der Waals surface area contributed by atoms with Gasteiger partial charge in [-0.25, -0.2) is 14.6 Å². The third kappa shape index (κ3) is 3.37. The number of nitrogens with zero attached hydrogens (tertiary/aromatic N) is 4. The van der Waals surface area contributed by atoms with Crippen molar-refractivity contribution in [3.63, 3.8) is 0 Å². The van der Waals surface area contributed by atoms with Crippen LogP contribution >= 0.6 is 0 Å². The van der Waals surface area contributed by atoms with Gasteiger partial charge >= 0.3 is 0 Å². The van der Waals surface area contributed by atoms with E-state index < -0.39 is 0 Å². The molecular weight excluding hydrogens is 328 g/mol. The summed E-state index contributed by atoms with van der Waals surface area (Å²) in [7, 11) is 0. The van der Waals surface area contributed by atoms with Crippen LogP contribution in [0.5, 0.6) is 0 Å². The summed E-state index contributed by atoms with van der Waals surface area (Å²) in [5.41, 5.74) is 1.71. The van der Waals surface area contributed by atoms with Gasteiger partial charge in [-0.2, -0.15) is 5.10 Å². The molecule has 7 nitrogen and oxygen atoms in total. The monoisotopic (exact) mass is 350 g/mol. The first-order chi connectivity index (χ1) is 12.8. The van der Waals surface area contributed by atoms with Crippen LogP contribution < -0.4 is 10.6 Å². The second kappa shape index (κ2) is 7.51. The number of para-hydroxylation sites is 1. The molecule has 1 aliphatic rings. The van der Waals surface area contributed by atoms with Crippen molar-refractivity contribution in [3.05, 3.63) is 42.9 Å². The van der Waals surface area contributed by atoms with E-state index in [4.69, 9.17) is 0 Å². The van der Waals surface area contributed by atoms with E-state index in [9.17, 15) is 4.79 Å². The molecule has 0 aliphatic heterocycles. The Morgan fingerprint density at radius 2 is 1.92 bits per heavy atom. The van der Waals surface area contributed by atoms with Crippen LogP contribution in [0.2, 0.25) is 0 Å². The van der Waals surface area contributed by atoms with Crippen LogP contribution in [-0.4, -0.2) is 38.7 Å². The Hall–Kier alpha value is -2.96. The van der Waals surface area contributed by atoms with Gasteiger partial charge < -0.3 is 10.6 Å². The number of hydrogen-bond acceptors (Lipinski definition) is 5. The molecule has 26 heavy (non-hydrogen) atoms. The molecule has 1 amide bonds. The largest absolute Gasteiger partial charge is 0.368 e. The molecule has 1 aliphatic carbocycles. The summed E-state index contributed by atoms with van der Waals surface area (Å²) in [6.45, 7) is 1.19.